The maximum absolute atomic E-state index is 11.5. The molecule has 0 bridgehead atoms. The monoisotopic (exact) mass is 231 g/mol. The van der Waals surface area contributed by atoms with Crippen molar-refractivity contribution in [3.63, 3.8) is 0 Å². The Labute approximate surface area is 93.6 Å². The second kappa shape index (κ2) is 5.81. The van der Waals surface area contributed by atoms with Crippen LogP contribution in [0.4, 0.5) is 0 Å². The minimum absolute atomic E-state index is 0.301. The van der Waals surface area contributed by atoms with Gasteiger partial charge in [-0.3, -0.25) is 4.79 Å². The summed E-state index contributed by atoms with van der Waals surface area (Å²) in [6, 6.07) is 0. The number of nitrogens with one attached hydrogen (secondary N) is 1. The van der Waals surface area contributed by atoms with E-state index in [4.69, 9.17) is 14.9 Å². The van der Waals surface area contributed by atoms with Crippen LogP contribution in [0.2, 0.25) is 0 Å². The SMILES string of the molecule is CC(O)CCNC(=O)[C@@H]1CC[C@H](C(=O)O)O1. The van der Waals surface area contributed by atoms with E-state index in [2.05, 4.69) is 5.32 Å². The highest BCUT2D eigenvalue weighted by Gasteiger charge is 2.34. The lowest BCUT2D eigenvalue weighted by Gasteiger charge is -2.12. The van der Waals surface area contributed by atoms with Crippen molar-refractivity contribution in [1.82, 2.24) is 5.32 Å². The molecule has 0 aromatic rings. The number of hydrogen-bond acceptors (Lipinski definition) is 4. The second-order valence-electron chi connectivity index (χ2n) is 3.96. The maximum Gasteiger partial charge on any atom is 0.332 e. The van der Waals surface area contributed by atoms with Gasteiger partial charge in [0, 0.05) is 6.54 Å². The lowest BCUT2D eigenvalue weighted by atomic mass is 10.2. The van der Waals surface area contributed by atoms with Gasteiger partial charge in [-0.2, -0.15) is 0 Å². The number of aliphatic hydroxyl groups is 1. The van der Waals surface area contributed by atoms with Crippen molar-refractivity contribution in [3.05, 3.63) is 0 Å². The minimum Gasteiger partial charge on any atom is -0.479 e. The van der Waals surface area contributed by atoms with Crippen LogP contribution in [0.1, 0.15) is 26.2 Å². The van der Waals surface area contributed by atoms with Crippen LogP contribution in [0.5, 0.6) is 0 Å². The zero-order valence-corrected chi connectivity index (χ0v) is 9.18. The first-order valence-electron chi connectivity index (χ1n) is 5.34. The van der Waals surface area contributed by atoms with Gasteiger partial charge in [-0.15, -0.1) is 0 Å². The van der Waals surface area contributed by atoms with Crippen molar-refractivity contribution in [2.75, 3.05) is 6.54 Å². The standard InChI is InChI=1S/C10H17NO5/c1-6(12)4-5-11-9(13)7-2-3-8(16-7)10(14)15/h6-8,12H,2-5H2,1H3,(H,11,13)(H,14,15)/t6?,7-,8+/m0/s1. The molecule has 16 heavy (non-hydrogen) atoms. The molecule has 1 heterocycles. The minimum atomic E-state index is -1.03. The Morgan fingerprint density at radius 3 is 2.56 bits per heavy atom. The molecule has 0 aromatic carbocycles. The molecule has 1 aliphatic rings. The number of hydrogen-bond donors (Lipinski definition) is 3. The predicted octanol–water partition coefficient (Wildman–Crippen LogP) is -0.494. The zero-order chi connectivity index (χ0) is 12.1. The Morgan fingerprint density at radius 1 is 1.44 bits per heavy atom. The summed E-state index contributed by atoms with van der Waals surface area (Å²) in [7, 11) is 0. The molecular formula is C10H17NO5. The molecule has 0 spiro atoms. The first kappa shape index (κ1) is 12.9. The van der Waals surface area contributed by atoms with E-state index < -0.39 is 24.3 Å². The van der Waals surface area contributed by atoms with Crippen LogP contribution in [0.15, 0.2) is 0 Å². The molecule has 3 N–H and O–H groups in total. The van der Waals surface area contributed by atoms with Crippen molar-refractivity contribution in [2.24, 2.45) is 0 Å². The number of carbonyl (C=O) groups excluding carboxylic acids is 1. The number of carboxylic acids is 1. The summed E-state index contributed by atoms with van der Waals surface area (Å²) >= 11 is 0. The van der Waals surface area contributed by atoms with Crippen LogP contribution in [0, 0.1) is 0 Å². The third-order valence-corrected chi connectivity index (χ3v) is 2.45. The summed E-state index contributed by atoms with van der Waals surface area (Å²) in [5, 5.41) is 20.3. The number of aliphatic hydroxyl groups excluding tert-OH is 1. The Balaban J connectivity index is 2.26. The predicted molar refractivity (Wildman–Crippen MR) is 54.8 cm³/mol. The molecular weight excluding hydrogens is 214 g/mol. The molecule has 92 valence electrons. The lowest BCUT2D eigenvalue weighted by Crippen LogP contribution is -2.36. The van der Waals surface area contributed by atoms with Crippen molar-refractivity contribution in [1.29, 1.82) is 0 Å². The largest absolute Gasteiger partial charge is 0.479 e. The summed E-state index contributed by atoms with van der Waals surface area (Å²) in [5.41, 5.74) is 0. The molecule has 1 unspecified atom stereocenters. The number of carboxylic acid groups (broad SMARTS) is 1. The summed E-state index contributed by atoms with van der Waals surface area (Å²) in [6.45, 7) is 2.01. The van der Waals surface area contributed by atoms with Gasteiger partial charge >= 0.3 is 5.97 Å². The summed E-state index contributed by atoms with van der Waals surface area (Å²) in [4.78, 5) is 22.1. The highest BCUT2D eigenvalue weighted by molar-refractivity contribution is 5.82. The molecule has 0 aliphatic carbocycles. The molecule has 1 saturated heterocycles. The smallest absolute Gasteiger partial charge is 0.332 e. The van der Waals surface area contributed by atoms with Gasteiger partial charge in [0.2, 0.25) is 5.91 Å². The van der Waals surface area contributed by atoms with Gasteiger partial charge in [0.25, 0.3) is 0 Å². The average molecular weight is 231 g/mol. The summed E-state index contributed by atoms with van der Waals surface area (Å²) < 4.78 is 5.07. The molecule has 1 rings (SSSR count). The van der Waals surface area contributed by atoms with Crippen LogP contribution in [0.3, 0.4) is 0 Å². The summed E-state index contributed by atoms with van der Waals surface area (Å²) in [5.74, 6) is -1.33. The van der Waals surface area contributed by atoms with Gasteiger partial charge in [0.15, 0.2) is 6.10 Å². The van der Waals surface area contributed by atoms with Crippen LogP contribution in [0.25, 0.3) is 0 Å². The van der Waals surface area contributed by atoms with E-state index in [9.17, 15) is 9.59 Å². The maximum atomic E-state index is 11.5. The van der Waals surface area contributed by atoms with E-state index >= 15 is 0 Å². The third kappa shape index (κ3) is 3.79. The number of aliphatic carboxylic acids is 1. The van der Waals surface area contributed by atoms with E-state index in [1.54, 1.807) is 6.92 Å². The Bertz CT molecular complexity index is 266. The number of carbonyl (C=O) groups is 2. The third-order valence-electron chi connectivity index (χ3n) is 2.45. The zero-order valence-electron chi connectivity index (χ0n) is 9.18. The molecule has 0 aromatic heterocycles. The van der Waals surface area contributed by atoms with E-state index in [0.29, 0.717) is 25.8 Å². The molecule has 1 amide bonds. The second-order valence-corrected chi connectivity index (χ2v) is 3.96. The van der Waals surface area contributed by atoms with Gasteiger partial charge in [-0.25, -0.2) is 4.79 Å². The molecule has 6 heteroatoms. The van der Waals surface area contributed by atoms with Crippen LogP contribution in [-0.2, 0) is 14.3 Å². The van der Waals surface area contributed by atoms with Crippen LogP contribution < -0.4 is 5.32 Å². The van der Waals surface area contributed by atoms with E-state index in [0.717, 1.165) is 0 Å². The van der Waals surface area contributed by atoms with Gasteiger partial charge in [-0.05, 0) is 26.2 Å². The molecule has 0 saturated carbocycles. The number of amides is 1. The van der Waals surface area contributed by atoms with Crippen molar-refractivity contribution in [2.45, 2.75) is 44.5 Å². The average Bonchev–Trinajstić information content (AvgIpc) is 2.65. The van der Waals surface area contributed by atoms with Crippen molar-refractivity contribution < 1.29 is 24.5 Å². The Kier molecular flexibility index (Phi) is 4.70. The Morgan fingerprint density at radius 2 is 2.06 bits per heavy atom. The first-order valence-corrected chi connectivity index (χ1v) is 5.34. The molecule has 0 radical (unpaired) electrons. The van der Waals surface area contributed by atoms with Crippen molar-refractivity contribution >= 4 is 11.9 Å². The molecule has 3 atom stereocenters. The van der Waals surface area contributed by atoms with Crippen molar-refractivity contribution in [3.8, 4) is 0 Å². The van der Waals surface area contributed by atoms with Gasteiger partial charge < -0.3 is 20.3 Å². The molecule has 1 fully saturated rings. The quantitative estimate of drug-likeness (QED) is 0.593. The molecule has 6 nitrogen and oxygen atoms in total. The fraction of sp³-hybridized carbons (Fsp3) is 0.800. The normalized spacial score (nSPS) is 26.4. The molecule has 1 aliphatic heterocycles. The van der Waals surface area contributed by atoms with E-state index in [1.807, 2.05) is 0 Å². The fourth-order valence-electron chi connectivity index (χ4n) is 1.53. The highest BCUT2D eigenvalue weighted by atomic mass is 16.5. The highest BCUT2D eigenvalue weighted by Crippen LogP contribution is 2.19. The van der Waals surface area contributed by atoms with Gasteiger partial charge in [-0.1, -0.05) is 0 Å². The van der Waals surface area contributed by atoms with E-state index in [-0.39, 0.29) is 5.91 Å². The number of ether oxygens (including phenoxy) is 1. The lowest BCUT2D eigenvalue weighted by molar-refractivity contribution is -0.151. The first-order chi connectivity index (χ1) is 7.50. The Hall–Kier alpha value is -1.14. The van der Waals surface area contributed by atoms with Crippen LogP contribution >= 0.6 is 0 Å². The van der Waals surface area contributed by atoms with Gasteiger partial charge in [0.05, 0.1) is 6.10 Å². The van der Waals surface area contributed by atoms with Crippen LogP contribution in [-0.4, -0.2) is 46.9 Å². The van der Waals surface area contributed by atoms with E-state index in [1.165, 1.54) is 0 Å². The number of rotatable bonds is 5. The fourth-order valence-corrected chi connectivity index (χ4v) is 1.53. The van der Waals surface area contributed by atoms with Gasteiger partial charge in [0.1, 0.15) is 6.10 Å². The summed E-state index contributed by atoms with van der Waals surface area (Å²) in [6.07, 6.45) is -0.735. The topological polar surface area (TPSA) is 95.9 Å².